The molecule has 0 heterocycles. The summed E-state index contributed by atoms with van der Waals surface area (Å²) in [6.07, 6.45) is 2.11. The van der Waals surface area contributed by atoms with Crippen LogP contribution in [0, 0.1) is 6.92 Å². The molecule has 3 aromatic carbocycles. The number of methoxy groups -OCH3 is 1. The third kappa shape index (κ3) is 4.32. The first kappa shape index (κ1) is 21.7. The van der Waals surface area contributed by atoms with Crippen molar-refractivity contribution < 1.29 is 9.84 Å². The van der Waals surface area contributed by atoms with E-state index in [1.54, 1.807) is 18.9 Å². The second-order valence-electron chi connectivity index (χ2n) is 8.06. The molecule has 0 aliphatic rings. The monoisotopic (exact) mass is 424 g/mol. The molecule has 0 saturated heterocycles. The van der Waals surface area contributed by atoms with Crippen molar-refractivity contribution in [2.75, 3.05) is 13.4 Å². The standard InChI is InChI=1S/C25H29O2PS/c1-17-11-9-16-22(29-6)24(17)28(20-14-8-7-13-19(20)27-5)21-15-10-12-18(23(21)26)25(2,3)4/h7-16,26H,1-6H3. The first-order valence-electron chi connectivity index (χ1n) is 9.68. The lowest BCUT2D eigenvalue weighted by Gasteiger charge is -2.28. The Morgan fingerprint density at radius 1 is 0.897 bits per heavy atom. The van der Waals surface area contributed by atoms with Gasteiger partial charge in [0.25, 0.3) is 0 Å². The second-order valence-corrected chi connectivity index (χ2v) is 11.0. The molecule has 0 bridgehead atoms. The molecule has 0 aliphatic carbocycles. The summed E-state index contributed by atoms with van der Waals surface area (Å²) in [6, 6.07) is 20.8. The Bertz CT molecular complexity index is 1010. The third-order valence-electron chi connectivity index (χ3n) is 5.03. The summed E-state index contributed by atoms with van der Waals surface area (Å²) in [6.45, 7) is 8.57. The Morgan fingerprint density at radius 3 is 2.21 bits per heavy atom. The van der Waals surface area contributed by atoms with Crippen molar-refractivity contribution in [1.82, 2.24) is 0 Å². The van der Waals surface area contributed by atoms with Gasteiger partial charge in [0.1, 0.15) is 11.5 Å². The van der Waals surface area contributed by atoms with Crippen molar-refractivity contribution in [3.05, 3.63) is 71.8 Å². The van der Waals surface area contributed by atoms with Crippen LogP contribution in [0.1, 0.15) is 31.9 Å². The number of para-hydroxylation sites is 2. The van der Waals surface area contributed by atoms with Crippen LogP contribution in [0.5, 0.6) is 11.5 Å². The number of hydrogen-bond donors (Lipinski definition) is 1. The molecule has 3 aromatic rings. The van der Waals surface area contributed by atoms with Gasteiger partial charge in [-0.3, -0.25) is 0 Å². The number of thioether (sulfide) groups is 1. The van der Waals surface area contributed by atoms with E-state index in [2.05, 4.69) is 76.4 Å². The van der Waals surface area contributed by atoms with Gasteiger partial charge < -0.3 is 9.84 Å². The molecule has 0 fully saturated rings. The van der Waals surface area contributed by atoms with Gasteiger partial charge in [-0.25, -0.2) is 0 Å². The molecule has 0 aliphatic heterocycles. The molecule has 1 unspecified atom stereocenters. The molecular weight excluding hydrogens is 395 g/mol. The Hall–Kier alpha value is -1.96. The van der Waals surface area contributed by atoms with Crippen LogP contribution in [-0.2, 0) is 5.41 Å². The zero-order valence-electron chi connectivity index (χ0n) is 18.0. The summed E-state index contributed by atoms with van der Waals surface area (Å²) in [7, 11) is 0.713. The first-order valence-corrected chi connectivity index (χ1v) is 12.3. The van der Waals surface area contributed by atoms with E-state index >= 15 is 0 Å². The van der Waals surface area contributed by atoms with Crippen LogP contribution in [0.25, 0.3) is 0 Å². The van der Waals surface area contributed by atoms with Crippen LogP contribution < -0.4 is 20.7 Å². The van der Waals surface area contributed by atoms with Crippen molar-refractivity contribution in [2.45, 2.75) is 38.0 Å². The van der Waals surface area contributed by atoms with Crippen molar-refractivity contribution >= 4 is 35.6 Å². The maximum Gasteiger partial charge on any atom is 0.127 e. The summed E-state index contributed by atoms with van der Waals surface area (Å²) >= 11 is 1.75. The highest BCUT2D eigenvalue weighted by molar-refractivity contribution is 7.99. The quantitative estimate of drug-likeness (QED) is 0.434. The Labute approximate surface area is 180 Å². The summed E-state index contributed by atoms with van der Waals surface area (Å²) < 4.78 is 5.75. The number of phenolic OH excluding ortho intramolecular Hbond substituents is 1. The maximum atomic E-state index is 11.4. The zero-order chi connectivity index (χ0) is 21.2. The van der Waals surface area contributed by atoms with E-state index in [1.165, 1.54) is 15.8 Å². The van der Waals surface area contributed by atoms with E-state index < -0.39 is 7.92 Å². The molecule has 1 N–H and O–H groups in total. The fourth-order valence-corrected chi connectivity index (χ4v) is 7.35. The van der Waals surface area contributed by atoms with E-state index in [4.69, 9.17) is 4.74 Å². The molecule has 1 atom stereocenters. The Morgan fingerprint density at radius 2 is 1.55 bits per heavy atom. The minimum Gasteiger partial charge on any atom is -0.507 e. The van der Waals surface area contributed by atoms with Gasteiger partial charge in [0.2, 0.25) is 0 Å². The maximum absolute atomic E-state index is 11.4. The van der Waals surface area contributed by atoms with E-state index in [1.807, 2.05) is 18.2 Å². The predicted molar refractivity (Wildman–Crippen MR) is 129 cm³/mol. The van der Waals surface area contributed by atoms with Crippen LogP contribution in [-0.4, -0.2) is 18.5 Å². The highest BCUT2D eigenvalue weighted by Gasteiger charge is 2.29. The Balaban J connectivity index is 2.38. The molecule has 3 rings (SSSR count). The third-order valence-corrected chi connectivity index (χ3v) is 8.70. The molecule has 0 saturated carbocycles. The number of ether oxygens (including phenoxy) is 1. The van der Waals surface area contributed by atoms with Gasteiger partial charge in [-0.2, -0.15) is 0 Å². The van der Waals surface area contributed by atoms with Crippen LogP contribution in [0.15, 0.2) is 65.6 Å². The number of rotatable bonds is 5. The zero-order valence-corrected chi connectivity index (χ0v) is 19.7. The second kappa shape index (κ2) is 8.81. The number of benzene rings is 3. The van der Waals surface area contributed by atoms with Crippen molar-refractivity contribution in [2.24, 2.45) is 0 Å². The van der Waals surface area contributed by atoms with Gasteiger partial charge in [0, 0.05) is 20.8 Å². The topological polar surface area (TPSA) is 29.5 Å². The predicted octanol–water partition coefficient (Wildman–Crippen LogP) is 5.49. The smallest absolute Gasteiger partial charge is 0.127 e. The van der Waals surface area contributed by atoms with Gasteiger partial charge in [-0.05, 0) is 49.8 Å². The van der Waals surface area contributed by atoms with Crippen LogP contribution in [0.2, 0.25) is 0 Å². The Kier molecular flexibility index (Phi) is 6.61. The first-order chi connectivity index (χ1) is 13.8. The molecule has 0 radical (unpaired) electrons. The number of hydrogen-bond acceptors (Lipinski definition) is 3. The molecule has 0 spiro atoms. The van der Waals surface area contributed by atoms with Crippen LogP contribution in [0.3, 0.4) is 0 Å². The van der Waals surface area contributed by atoms with Gasteiger partial charge in [0.15, 0.2) is 0 Å². The number of aryl methyl sites for hydroxylation is 1. The van der Waals surface area contributed by atoms with E-state index in [-0.39, 0.29) is 5.41 Å². The summed E-state index contributed by atoms with van der Waals surface area (Å²) in [5.74, 6) is 1.25. The van der Waals surface area contributed by atoms with Crippen LogP contribution in [0.4, 0.5) is 0 Å². The molecule has 0 amide bonds. The number of aromatic hydroxyl groups is 1. The highest BCUT2D eigenvalue weighted by atomic mass is 32.2. The average molecular weight is 425 g/mol. The number of phenols is 1. The molecule has 152 valence electrons. The lowest BCUT2D eigenvalue weighted by molar-refractivity contribution is 0.418. The summed E-state index contributed by atoms with van der Waals surface area (Å²) in [5.41, 5.74) is 2.06. The van der Waals surface area contributed by atoms with E-state index in [0.29, 0.717) is 5.75 Å². The van der Waals surface area contributed by atoms with E-state index in [9.17, 15) is 5.11 Å². The summed E-state index contributed by atoms with van der Waals surface area (Å²) in [4.78, 5) is 1.24. The van der Waals surface area contributed by atoms with Crippen molar-refractivity contribution in [3.8, 4) is 11.5 Å². The molecule has 4 heteroatoms. The minimum atomic E-state index is -1.00. The molecular formula is C25H29O2PS. The SMILES string of the molecule is COc1ccccc1P(c1cccc(C(C)(C)C)c1O)c1c(C)cccc1SC. The lowest BCUT2D eigenvalue weighted by Crippen LogP contribution is -2.26. The largest absolute Gasteiger partial charge is 0.507 e. The van der Waals surface area contributed by atoms with Crippen molar-refractivity contribution in [3.63, 3.8) is 0 Å². The van der Waals surface area contributed by atoms with Crippen LogP contribution >= 0.6 is 19.7 Å². The highest BCUT2D eigenvalue weighted by Crippen LogP contribution is 2.44. The van der Waals surface area contributed by atoms with Gasteiger partial charge in [0.05, 0.1) is 7.11 Å². The molecule has 0 aromatic heterocycles. The van der Waals surface area contributed by atoms with Gasteiger partial charge in [-0.15, -0.1) is 11.8 Å². The van der Waals surface area contributed by atoms with Gasteiger partial charge >= 0.3 is 0 Å². The van der Waals surface area contributed by atoms with Gasteiger partial charge in [-0.1, -0.05) is 69.3 Å². The normalized spacial score (nSPS) is 12.6. The average Bonchev–Trinajstić information content (AvgIpc) is 2.69. The van der Waals surface area contributed by atoms with E-state index in [0.717, 1.165) is 21.9 Å². The fraction of sp³-hybridized carbons (Fsp3) is 0.280. The summed E-state index contributed by atoms with van der Waals surface area (Å²) in [5, 5.41) is 14.8. The van der Waals surface area contributed by atoms with Crippen molar-refractivity contribution in [1.29, 1.82) is 0 Å². The minimum absolute atomic E-state index is 0.143. The molecule has 2 nitrogen and oxygen atoms in total. The molecule has 29 heavy (non-hydrogen) atoms. The lowest BCUT2D eigenvalue weighted by atomic mass is 9.86. The fourth-order valence-electron chi connectivity index (χ4n) is 3.59.